The molecule has 1 aromatic rings. The first-order valence-electron chi connectivity index (χ1n) is 8.99. The minimum atomic E-state index is -0.386. The van der Waals surface area contributed by atoms with Crippen molar-refractivity contribution in [2.75, 3.05) is 26.7 Å². The largest absolute Gasteiger partial charge is 0.494 e. The maximum absolute atomic E-state index is 12.9. The van der Waals surface area contributed by atoms with Crippen LogP contribution in [0.15, 0.2) is 24.3 Å². The summed E-state index contributed by atoms with van der Waals surface area (Å²) in [6.07, 6.45) is 2.29. The quantitative estimate of drug-likeness (QED) is 0.722. The summed E-state index contributed by atoms with van der Waals surface area (Å²) in [7, 11) is 1.90. The minimum Gasteiger partial charge on any atom is -0.494 e. The number of para-hydroxylation sites is 1. The number of carbonyl (C=O) groups is 2. The predicted octanol–water partition coefficient (Wildman–Crippen LogP) is 2.28. The summed E-state index contributed by atoms with van der Waals surface area (Å²) in [5.74, 6) is 0.629. The second kappa shape index (κ2) is 11.0. The maximum Gasteiger partial charge on any atom is 0.225 e. The number of amides is 2. The molecule has 0 spiro atoms. The number of ether oxygens (including phenoxy) is 1. The molecule has 1 aliphatic rings. The van der Waals surface area contributed by atoms with E-state index in [1.54, 1.807) is 0 Å². The highest BCUT2D eigenvalue weighted by Gasteiger charge is 2.30. The number of likely N-dealkylation sites (tertiary alicyclic amines) is 1. The standard InChI is InChI=1S/C19H29N3O3.ClH/c1-4-25-18-10-6-5-9-16(18)17(21-14(2)23)12-19(24)22-11-7-8-15(22)13-20-3;/h5-6,9-10,15,17,20H,4,7-8,11-13H2,1-3H3,(H,21,23);1H. The molecule has 1 saturated heterocycles. The first-order chi connectivity index (χ1) is 12.1. The van der Waals surface area contributed by atoms with E-state index in [4.69, 9.17) is 4.74 Å². The third-order valence-electron chi connectivity index (χ3n) is 4.49. The number of hydrogen-bond donors (Lipinski definition) is 2. The number of benzene rings is 1. The highest BCUT2D eigenvalue weighted by atomic mass is 35.5. The van der Waals surface area contributed by atoms with Crippen molar-refractivity contribution in [1.29, 1.82) is 0 Å². The molecule has 146 valence electrons. The van der Waals surface area contributed by atoms with Crippen LogP contribution in [0, 0.1) is 0 Å². The molecule has 7 heteroatoms. The molecule has 0 aromatic heterocycles. The number of halogens is 1. The SMILES string of the molecule is CCOc1ccccc1C(CC(=O)N1CCCC1CNC)NC(C)=O.Cl. The molecule has 0 bridgehead atoms. The summed E-state index contributed by atoms with van der Waals surface area (Å²) in [6.45, 7) is 5.51. The normalized spacial score (nSPS) is 17.3. The minimum absolute atomic E-state index is 0. The molecule has 2 amide bonds. The van der Waals surface area contributed by atoms with Crippen LogP contribution in [0.25, 0.3) is 0 Å². The molecule has 6 nitrogen and oxygen atoms in total. The van der Waals surface area contributed by atoms with Crippen LogP contribution in [0.5, 0.6) is 5.75 Å². The number of carbonyl (C=O) groups excluding carboxylic acids is 2. The molecule has 2 unspecified atom stereocenters. The first kappa shape index (κ1) is 22.3. The second-order valence-corrected chi connectivity index (χ2v) is 6.37. The first-order valence-corrected chi connectivity index (χ1v) is 8.99. The zero-order chi connectivity index (χ0) is 18.2. The van der Waals surface area contributed by atoms with Crippen molar-refractivity contribution in [2.45, 2.75) is 45.2 Å². The smallest absolute Gasteiger partial charge is 0.225 e. The molecule has 2 N–H and O–H groups in total. The Morgan fingerprint density at radius 1 is 1.35 bits per heavy atom. The fourth-order valence-electron chi connectivity index (χ4n) is 3.44. The van der Waals surface area contributed by atoms with Gasteiger partial charge in [0.2, 0.25) is 11.8 Å². The van der Waals surface area contributed by atoms with Crippen molar-refractivity contribution in [3.63, 3.8) is 0 Å². The summed E-state index contributed by atoms with van der Waals surface area (Å²) in [5.41, 5.74) is 0.845. The summed E-state index contributed by atoms with van der Waals surface area (Å²) < 4.78 is 5.68. The monoisotopic (exact) mass is 383 g/mol. The van der Waals surface area contributed by atoms with E-state index in [1.807, 2.05) is 43.1 Å². The molecule has 2 atom stereocenters. The van der Waals surface area contributed by atoms with Gasteiger partial charge in [0.1, 0.15) is 5.75 Å². The molecular formula is C19H30ClN3O3. The lowest BCUT2D eigenvalue weighted by molar-refractivity contribution is -0.132. The molecule has 2 rings (SSSR count). The van der Waals surface area contributed by atoms with Crippen molar-refractivity contribution >= 4 is 24.2 Å². The Labute approximate surface area is 162 Å². The van der Waals surface area contributed by atoms with Crippen molar-refractivity contribution in [2.24, 2.45) is 0 Å². The molecule has 1 aliphatic heterocycles. The Kier molecular flexibility index (Phi) is 9.44. The van der Waals surface area contributed by atoms with Crippen LogP contribution in [0.4, 0.5) is 0 Å². The van der Waals surface area contributed by atoms with Gasteiger partial charge in [-0.25, -0.2) is 0 Å². The highest BCUT2D eigenvalue weighted by molar-refractivity contribution is 5.85. The Balaban J connectivity index is 0.00000338. The van der Waals surface area contributed by atoms with Crippen LogP contribution in [0.1, 0.15) is 44.7 Å². The molecule has 1 heterocycles. The van der Waals surface area contributed by atoms with Crippen molar-refractivity contribution in [3.8, 4) is 5.75 Å². The van der Waals surface area contributed by atoms with Gasteiger partial charge in [-0.1, -0.05) is 18.2 Å². The summed E-state index contributed by atoms with van der Waals surface area (Å²) in [6, 6.07) is 7.42. The van der Waals surface area contributed by atoms with Gasteiger partial charge < -0.3 is 20.3 Å². The second-order valence-electron chi connectivity index (χ2n) is 6.37. The average Bonchev–Trinajstić information content (AvgIpc) is 3.03. The fraction of sp³-hybridized carbons (Fsp3) is 0.579. The van der Waals surface area contributed by atoms with Gasteiger partial charge in [-0.2, -0.15) is 0 Å². The molecule has 0 radical (unpaired) electrons. The van der Waals surface area contributed by atoms with Crippen molar-refractivity contribution in [3.05, 3.63) is 29.8 Å². The van der Waals surface area contributed by atoms with E-state index in [2.05, 4.69) is 10.6 Å². The highest BCUT2D eigenvalue weighted by Crippen LogP contribution is 2.29. The van der Waals surface area contributed by atoms with Crippen molar-refractivity contribution < 1.29 is 14.3 Å². The van der Waals surface area contributed by atoms with E-state index in [1.165, 1.54) is 6.92 Å². The molecule has 26 heavy (non-hydrogen) atoms. The summed E-state index contributed by atoms with van der Waals surface area (Å²) in [5, 5.41) is 6.07. The van der Waals surface area contributed by atoms with Gasteiger partial charge >= 0.3 is 0 Å². The zero-order valence-electron chi connectivity index (χ0n) is 15.8. The van der Waals surface area contributed by atoms with Crippen LogP contribution < -0.4 is 15.4 Å². The van der Waals surface area contributed by atoms with Crippen LogP contribution >= 0.6 is 12.4 Å². The zero-order valence-corrected chi connectivity index (χ0v) is 16.6. The predicted molar refractivity (Wildman–Crippen MR) is 105 cm³/mol. The topological polar surface area (TPSA) is 70.7 Å². The van der Waals surface area contributed by atoms with E-state index < -0.39 is 0 Å². The van der Waals surface area contributed by atoms with E-state index in [0.717, 1.165) is 31.5 Å². The van der Waals surface area contributed by atoms with Gasteiger partial charge in [0.25, 0.3) is 0 Å². The lowest BCUT2D eigenvalue weighted by atomic mass is 10.0. The van der Waals surface area contributed by atoms with Gasteiger partial charge in [0.05, 0.1) is 19.1 Å². The van der Waals surface area contributed by atoms with E-state index >= 15 is 0 Å². The lowest BCUT2D eigenvalue weighted by Gasteiger charge is -2.27. The van der Waals surface area contributed by atoms with Crippen molar-refractivity contribution in [1.82, 2.24) is 15.5 Å². The summed E-state index contributed by atoms with van der Waals surface area (Å²) in [4.78, 5) is 26.5. The van der Waals surface area contributed by atoms with Gasteiger partial charge in [-0.05, 0) is 32.9 Å². The average molecular weight is 384 g/mol. The molecule has 0 saturated carbocycles. The number of rotatable bonds is 8. The summed E-state index contributed by atoms with van der Waals surface area (Å²) >= 11 is 0. The molecule has 1 aromatic carbocycles. The third-order valence-corrected chi connectivity index (χ3v) is 4.49. The maximum atomic E-state index is 12.9. The molecule has 0 aliphatic carbocycles. The molecule has 1 fully saturated rings. The van der Waals surface area contributed by atoms with Crippen LogP contribution in [-0.2, 0) is 9.59 Å². The van der Waals surface area contributed by atoms with Crippen LogP contribution in [0.2, 0.25) is 0 Å². The Hall–Kier alpha value is -1.79. The fourth-order valence-corrected chi connectivity index (χ4v) is 3.44. The Bertz CT molecular complexity index is 597. The van der Waals surface area contributed by atoms with E-state index in [-0.39, 0.29) is 42.7 Å². The lowest BCUT2D eigenvalue weighted by Crippen LogP contribution is -2.42. The molecular weight excluding hydrogens is 354 g/mol. The van der Waals surface area contributed by atoms with Crippen LogP contribution in [-0.4, -0.2) is 49.5 Å². The van der Waals surface area contributed by atoms with Gasteiger partial charge in [0, 0.05) is 31.6 Å². The Morgan fingerprint density at radius 3 is 2.73 bits per heavy atom. The van der Waals surface area contributed by atoms with E-state index in [0.29, 0.717) is 12.4 Å². The number of nitrogens with one attached hydrogen (secondary N) is 2. The number of nitrogens with zero attached hydrogens (tertiary/aromatic N) is 1. The third kappa shape index (κ3) is 5.88. The number of likely N-dealkylation sites (N-methyl/N-ethyl adjacent to an activating group) is 1. The van der Waals surface area contributed by atoms with E-state index in [9.17, 15) is 9.59 Å². The number of hydrogen-bond acceptors (Lipinski definition) is 4. The van der Waals surface area contributed by atoms with Gasteiger partial charge in [0.15, 0.2) is 0 Å². The Morgan fingerprint density at radius 2 is 2.08 bits per heavy atom. The van der Waals surface area contributed by atoms with Crippen LogP contribution in [0.3, 0.4) is 0 Å². The van der Waals surface area contributed by atoms with Gasteiger partial charge in [-0.3, -0.25) is 9.59 Å². The van der Waals surface area contributed by atoms with Gasteiger partial charge in [-0.15, -0.1) is 12.4 Å².